The minimum Gasteiger partial charge on any atom is -0.305 e. The summed E-state index contributed by atoms with van der Waals surface area (Å²) in [6, 6.07) is 6.75. The number of rotatable bonds is 5. The van der Waals surface area contributed by atoms with E-state index in [1.165, 1.54) is 6.07 Å². The van der Waals surface area contributed by atoms with Crippen LogP contribution in [0.1, 0.15) is 30.6 Å². The predicted octanol–water partition coefficient (Wildman–Crippen LogP) is 3.30. The highest BCUT2D eigenvalue weighted by Crippen LogP contribution is 2.25. The zero-order valence-corrected chi connectivity index (χ0v) is 11.8. The van der Waals surface area contributed by atoms with Crippen molar-refractivity contribution in [3.63, 3.8) is 0 Å². The molecule has 1 unspecified atom stereocenters. The van der Waals surface area contributed by atoms with Crippen LogP contribution in [0.3, 0.4) is 0 Å². The number of hydrogen-bond acceptors (Lipinski definition) is 2. The molecule has 2 rings (SSSR count). The van der Waals surface area contributed by atoms with Gasteiger partial charge in [-0.1, -0.05) is 24.6 Å². The molecule has 1 atom stereocenters. The van der Waals surface area contributed by atoms with Crippen molar-refractivity contribution in [1.29, 1.82) is 0 Å². The van der Waals surface area contributed by atoms with Gasteiger partial charge in [0.15, 0.2) is 0 Å². The number of hydrogen-bond donors (Lipinski definition) is 1. The number of nitrogens with zero attached hydrogens (tertiary/aromatic N) is 2. The highest BCUT2D eigenvalue weighted by atomic mass is 35.5. The van der Waals surface area contributed by atoms with E-state index >= 15 is 0 Å². The van der Waals surface area contributed by atoms with Gasteiger partial charge in [-0.15, -0.1) is 0 Å². The molecule has 0 amide bonds. The molecule has 0 aliphatic heterocycles. The first-order valence-corrected chi connectivity index (χ1v) is 6.67. The van der Waals surface area contributed by atoms with E-state index in [9.17, 15) is 4.39 Å². The molecule has 0 saturated carbocycles. The zero-order chi connectivity index (χ0) is 13.8. The second-order valence-electron chi connectivity index (χ2n) is 4.44. The van der Waals surface area contributed by atoms with Gasteiger partial charge < -0.3 is 5.32 Å². The van der Waals surface area contributed by atoms with Gasteiger partial charge in [0.2, 0.25) is 0 Å². The summed E-state index contributed by atoms with van der Waals surface area (Å²) in [6.45, 7) is 2.94. The molecule has 0 spiro atoms. The van der Waals surface area contributed by atoms with Crippen molar-refractivity contribution in [1.82, 2.24) is 15.1 Å². The molecule has 102 valence electrons. The average Bonchev–Trinajstić information content (AvgIpc) is 2.80. The Bertz CT molecular complexity index is 553. The maximum Gasteiger partial charge on any atom is 0.142 e. The second kappa shape index (κ2) is 6.17. The maximum atomic E-state index is 13.6. The first-order chi connectivity index (χ1) is 9.13. The lowest BCUT2D eigenvalue weighted by Gasteiger charge is -2.19. The van der Waals surface area contributed by atoms with Crippen LogP contribution in [0.2, 0.25) is 5.02 Å². The highest BCUT2D eigenvalue weighted by Gasteiger charge is 2.17. The minimum atomic E-state index is -0.398. The summed E-state index contributed by atoms with van der Waals surface area (Å²) in [7, 11) is 1.88. The number of aromatic nitrogens is 2. The number of nitrogens with one attached hydrogen (secondary N) is 1. The van der Waals surface area contributed by atoms with Crippen LogP contribution in [0, 0.1) is 5.82 Å². The van der Waals surface area contributed by atoms with Gasteiger partial charge in [-0.2, -0.15) is 5.10 Å². The topological polar surface area (TPSA) is 29.9 Å². The van der Waals surface area contributed by atoms with E-state index in [0.29, 0.717) is 0 Å². The molecule has 3 nitrogen and oxygen atoms in total. The minimum absolute atomic E-state index is 0.0841. The summed E-state index contributed by atoms with van der Waals surface area (Å²) in [6.07, 6.45) is 2.74. The molecule has 2 aromatic rings. The summed E-state index contributed by atoms with van der Waals surface area (Å²) in [5, 5.41) is 7.71. The van der Waals surface area contributed by atoms with Crippen molar-refractivity contribution >= 4 is 11.6 Å². The Morgan fingerprint density at radius 1 is 1.42 bits per heavy atom. The SMILES string of the molecule is CCCNC(c1ccc(Cl)c(F)c1)c1ccnn1C. The lowest BCUT2D eigenvalue weighted by molar-refractivity contribution is 0.548. The fraction of sp³-hybridized carbons (Fsp3) is 0.357. The fourth-order valence-corrected chi connectivity index (χ4v) is 2.16. The summed E-state index contributed by atoms with van der Waals surface area (Å²) < 4.78 is 15.4. The van der Waals surface area contributed by atoms with Gasteiger partial charge in [0.25, 0.3) is 0 Å². The van der Waals surface area contributed by atoms with Crippen molar-refractivity contribution in [2.75, 3.05) is 6.54 Å². The van der Waals surface area contributed by atoms with E-state index in [0.717, 1.165) is 24.2 Å². The van der Waals surface area contributed by atoms with E-state index in [4.69, 9.17) is 11.6 Å². The van der Waals surface area contributed by atoms with E-state index in [-0.39, 0.29) is 11.1 Å². The maximum absolute atomic E-state index is 13.6. The summed E-state index contributed by atoms with van der Waals surface area (Å²) in [5.41, 5.74) is 1.84. The molecule has 1 aromatic heterocycles. The van der Waals surface area contributed by atoms with Crippen LogP contribution < -0.4 is 5.32 Å². The molecule has 19 heavy (non-hydrogen) atoms. The summed E-state index contributed by atoms with van der Waals surface area (Å²) >= 11 is 5.73. The Morgan fingerprint density at radius 2 is 2.21 bits per heavy atom. The molecular weight excluding hydrogens is 265 g/mol. The molecule has 1 N–H and O–H groups in total. The Labute approximate surface area is 117 Å². The van der Waals surface area contributed by atoms with Crippen molar-refractivity contribution in [2.45, 2.75) is 19.4 Å². The quantitative estimate of drug-likeness (QED) is 0.911. The monoisotopic (exact) mass is 281 g/mol. The number of benzene rings is 1. The van der Waals surface area contributed by atoms with Crippen molar-refractivity contribution < 1.29 is 4.39 Å². The third kappa shape index (κ3) is 3.14. The third-order valence-electron chi connectivity index (χ3n) is 3.03. The van der Waals surface area contributed by atoms with E-state index in [1.54, 1.807) is 16.9 Å². The van der Waals surface area contributed by atoms with Crippen LogP contribution in [-0.4, -0.2) is 16.3 Å². The fourth-order valence-electron chi connectivity index (χ4n) is 2.04. The highest BCUT2D eigenvalue weighted by molar-refractivity contribution is 6.30. The van der Waals surface area contributed by atoms with Crippen LogP contribution in [0.4, 0.5) is 4.39 Å². The first kappa shape index (κ1) is 14.0. The molecule has 0 bridgehead atoms. The van der Waals surface area contributed by atoms with Crippen LogP contribution >= 0.6 is 11.6 Å². The molecule has 0 aliphatic rings. The molecule has 0 aliphatic carbocycles. The summed E-state index contributed by atoms with van der Waals surface area (Å²) in [5.74, 6) is -0.398. The normalized spacial score (nSPS) is 12.6. The molecule has 1 heterocycles. The van der Waals surface area contributed by atoms with Gasteiger partial charge in [-0.25, -0.2) is 4.39 Å². The molecule has 0 fully saturated rings. The average molecular weight is 282 g/mol. The van der Waals surface area contributed by atoms with Crippen molar-refractivity contribution in [3.05, 3.63) is 52.6 Å². The standard InChI is InChI=1S/C14H17ClFN3/c1-3-7-17-14(13-6-8-18-19(13)2)10-4-5-11(15)12(16)9-10/h4-6,8-9,14,17H,3,7H2,1-2H3. The molecule has 1 aromatic carbocycles. The number of aryl methyl sites for hydroxylation is 1. The molecule has 5 heteroatoms. The largest absolute Gasteiger partial charge is 0.305 e. The van der Waals surface area contributed by atoms with Gasteiger partial charge >= 0.3 is 0 Å². The van der Waals surface area contributed by atoms with E-state index < -0.39 is 5.82 Å². The zero-order valence-electron chi connectivity index (χ0n) is 11.0. The third-order valence-corrected chi connectivity index (χ3v) is 3.34. The Hall–Kier alpha value is -1.39. The van der Waals surface area contributed by atoms with Crippen LogP contribution in [0.25, 0.3) is 0 Å². The Kier molecular flexibility index (Phi) is 4.56. The molecular formula is C14H17ClFN3. The van der Waals surface area contributed by atoms with E-state index in [1.807, 2.05) is 19.2 Å². The molecule has 0 radical (unpaired) electrons. The lowest BCUT2D eigenvalue weighted by Crippen LogP contribution is -2.25. The van der Waals surface area contributed by atoms with Gasteiger partial charge in [0.1, 0.15) is 5.82 Å². The van der Waals surface area contributed by atoms with Gasteiger partial charge in [0, 0.05) is 13.2 Å². The van der Waals surface area contributed by atoms with Gasteiger partial charge in [-0.3, -0.25) is 4.68 Å². The molecule has 0 saturated heterocycles. The van der Waals surface area contributed by atoms with Crippen LogP contribution in [0.5, 0.6) is 0 Å². The Morgan fingerprint density at radius 3 is 2.79 bits per heavy atom. The lowest BCUT2D eigenvalue weighted by atomic mass is 10.0. The second-order valence-corrected chi connectivity index (χ2v) is 4.85. The first-order valence-electron chi connectivity index (χ1n) is 6.29. The van der Waals surface area contributed by atoms with Gasteiger partial charge in [0.05, 0.1) is 16.8 Å². The van der Waals surface area contributed by atoms with Crippen molar-refractivity contribution in [3.8, 4) is 0 Å². The smallest absolute Gasteiger partial charge is 0.142 e. The van der Waals surface area contributed by atoms with Gasteiger partial charge in [-0.05, 0) is 36.7 Å². The summed E-state index contributed by atoms with van der Waals surface area (Å²) in [4.78, 5) is 0. The predicted molar refractivity (Wildman–Crippen MR) is 74.8 cm³/mol. The Balaban J connectivity index is 2.37. The van der Waals surface area contributed by atoms with E-state index in [2.05, 4.69) is 17.3 Å². The van der Waals surface area contributed by atoms with Crippen LogP contribution in [0.15, 0.2) is 30.5 Å². The van der Waals surface area contributed by atoms with Crippen molar-refractivity contribution in [2.24, 2.45) is 7.05 Å². The number of halogens is 2. The van der Waals surface area contributed by atoms with Crippen LogP contribution in [-0.2, 0) is 7.05 Å².